The van der Waals surface area contributed by atoms with Crippen molar-refractivity contribution < 1.29 is 4.79 Å². The third kappa shape index (κ3) is 4.76. The van der Waals surface area contributed by atoms with E-state index in [-0.39, 0.29) is 11.7 Å². The van der Waals surface area contributed by atoms with Gasteiger partial charge in [-0.15, -0.1) is 0 Å². The fraction of sp³-hybridized carbons (Fsp3) is 0.250. The standard InChI is InChI=1S/C24H27N7O/c1-30(2)13-14-31-16-27-20-22(28-23(21(25)32)29-24(20)31)26-15-19(17-9-5-3-6-10-17)18-11-7-4-8-12-18/h3-12,16,19H,13-15H2,1-2H3,(H2,25,32)(H,26,28,29). The van der Waals surface area contributed by atoms with Crippen molar-refractivity contribution in [3.63, 3.8) is 0 Å². The molecule has 164 valence electrons. The maximum Gasteiger partial charge on any atom is 0.286 e. The van der Waals surface area contributed by atoms with E-state index in [0.717, 1.165) is 6.54 Å². The molecule has 2 heterocycles. The molecule has 0 fully saturated rings. The number of hydrogen-bond donors (Lipinski definition) is 2. The predicted octanol–water partition coefficient (Wildman–Crippen LogP) is 2.73. The summed E-state index contributed by atoms with van der Waals surface area (Å²) in [4.78, 5) is 27.3. The van der Waals surface area contributed by atoms with Crippen LogP contribution in [0.15, 0.2) is 67.0 Å². The normalized spacial score (nSPS) is 11.4. The monoisotopic (exact) mass is 429 g/mol. The average Bonchev–Trinajstić information content (AvgIpc) is 3.22. The zero-order chi connectivity index (χ0) is 22.5. The number of hydrogen-bond acceptors (Lipinski definition) is 6. The summed E-state index contributed by atoms with van der Waals surface area (Å²) < 4.78 is 1.92. The lowest BCUT2D eigenvalue weighted by Gasteiger charge is -2.19. The molecule has 8 nitrogen and oxygen atoms in total. The maximum absolute atomic E-state index is 11.9. The number of amides is 1. The SMILES string of the molecule is CN(C)CCn1cnc2c(NCC(c3ccccc3)c3ccccc3)nc(C(N)=O)nc21. The van der Waals surface area contributed by atoms with Gasteiger partial charge in [0.15, 0.2) is 11.5 Å². The van der Waals surface area contributed by atoms with Crippen molar-refractivity contribution in [2.24, 2.45) is 5.73 Å². The van der Waals surface area contributed by atoms with Gasteiger partial charge in [-0.3, -0.25) is 4.79 Å². The summed E-state index contributed by atoms with van der Waals surface area (Å²) in [7, 11) is 4.01. The zero-order valence-corrected chi connectivity index (χ0v) is 18.3. The molecule has 0 bridgehead atoms. The molecule has 2 aromatic heterocycles. The van der Waals surface area contributed by atoms with Gasteiger partial charge in [0.05, 0.1) is 6.33 Å². The van der Waals surface area contributed by atoms with Crippen LogP contribution in [0, 0.1) is 0 Å². The van der Waals surface area contributed by atoms with Gasteiger partial charge in [0, 0.05) is 25.6 Å². The minimum Gasteiger partial charge on any atom is -0.367 e. The van der Waals surface area contributed by atoms with Crippen molar-refractivity contribution in [2.45, 2.75) is 12.5 Å². The number of imidazole rings is 1. The summed E-state index contributed by atoms with van der Waals surface area (Å²) >= 11 is 0. The molecule has 0 aliphatic rings. The smallest absolute Gasteiger partial charge is 0.286 e. The van der Waals surface area contributed by atoms with Crippen LogP contribution in [0.2, 0.25) is 0 Å². The fourth-order valence-electron chi connectivity index (χ4n) is 3.65. The summed E-state index contributed by atoms with van der Waals surface area (Å²) in [5.74, 6) is -0.0971. The topological polar surface area (TPSA) is 102 Å². The first kappa shape index (κ1) is 21.5. The first-order chi connectivity index (χ1) is 15.5. The van der Waals surface area contributed by atoms with Gasteiger partial charge in [0.1, 0.15) is 5.52 Å². The van der Waals surface area contributed by atoms with Gasteiger partial charge in [0.25, 0.3) is 5.91 Å². The number of benzene rings is 2. The Hall–Kier alpha value is -3.78. The summed E-state index contributed by atoms with van der Waals surface area (Å²) in [6.07, 6.45) is 1.73. The molecule has 0 saturated carbocycles. The Kier molecular flexibility index (Phi) is 6.42. The Balaban J connectivity index is 1.68. The van der Waals surface area contributed by atoms with E-state index in [1.54, 1.807) is 6.33 Å². The molecule has 0 radical (unpaired) electrons. The number of nitrogens with zero attached hydrogens (tertiary/aromatic N) is 5. The third-order valence-corrected chi connectivity index (χ3v) is 5.35. The summed E-state index contributed by atoms with van der Waals surface area (Å²) in [6.45, 7) is 2.08. The highest BCUT2D eigenvalue weighted by atomic mass is 16.1. The van der Waals surface area contributed by atoms with E-state index in [1.165, 1.54) is 11.1 Å². The number of primary amides is 1. The van der Waals surface area contributed by atoms with E-state index in [9.17, 15) is 4.79 Å². The van der Waals surface area contributed by atoms with Crippen LogP contribution in [-0.2, 0) is 6.54 Å². The number of likely N-dealkylation sites (N-methyl/N-ethyl adjacent to an activating group) is 1. The molecule has 32 heavy (non-hydrogen) atoms. The predicted molar refractivity (Wildman–Crippen MR) is 126 cm³/mol. The third-order valence-electron chi connectivity index (χ3n) is 5.35. The largest absolute Gasteiger partial charge is 0.367 e. The van der Waals surface area contributed by atoms with Crippen LogP contribution in [0.4, 0.5) is 5.82 Å². The highest BCUT2D eigenvalue weighted by Gasteiger charge is 2.19. The number of aromatic nitrogens is 4. The molecular formula is C24H27N7O. The highest BCUT2D eigenvalue weighted by Crippen LogP contribution is 2.26. The average molecular weight is 430 g/mol. The molecule has 0 saturated heterocycles. The van der Waals surface area contributed by atoms with Gasteiger partial charge in [-0.1, -0.05) is 60.7 Å². The molecule has 4 rings (SSSR count). The van der Waals surface area contributed by atoms with Crippen molar-refractivity contribution in [1.82, 2.24) is 24.4 Å². The van der Waals surface area contributed by atoms with Gasteiger partial charge in [-0.2, -0.15) is 0 Å². The van der Waals surface area contributed by atoms with Gasteiger partial charge < -0.3 is 20.5 Å². The van der Waals surface area contributed by atoms with E-state index in [4.69, 9.17) is 5.73 Å². The highest BCUT2D eigenvalue weighted by molar-refractivity contribution is 5.93. The molecule has 0 unspecified atom stereocenters. The van der Waals surface area contributed by atoms with Crippen LogP contribution in [-0.4, -0.2) is 57.5 Å². The van der Waals surface area contributed by atoms with E-state index >= 15 is 0 Å². The van der Waals surface area contributed by atoms with Crippen LogP contribution in [0.1, 0.15) is 27.7 Å². The Labute approximate surface area is 187 Å². The number of nitrogens with one attached hydrogen (secondary N) is 1. The maximum atomic E-state index is 11.9. The Morgan fingerprint density at radius 2 is 1.66 bits per heavy atom. The Morgan fingerprint density at radius 1 is 1.03 bits per heavy atom. The molecule has 2 aromatic carbocycles. The minimum absolute atomic E-state index is 0.0254. The van der Waals surface area contributed by atoms with E-state index in [1.807, 2.05) is 55.1 Å². The van der Waals surface area contributed by atoms with Gasteiger partial charge in [0.2, 0.25) is 5.82 Å². The van der Waals surface area contributed by atoms with Crippen LogP contribution < -0.4 is 11.1 Å². The fourth-order valence-corrected chi connectivity index (χ4v) is 3.65. The van der Waals surface area contributed by atoms with Crippen molar-refractivity contribution in [3.8, 4) is 0 Å². The van der Waals surface area contributed by atoms with Crippen LogP contribution in [0.3, 0.4) is 0 Å². The number of carbonyl (C=O) groups excluding carboxylic acids is 1. The lowest BCUT2D eigenvalue weighted by molar-refractivity contribution is 0.0991. The van der Waals surface area contributed by atoms with E-state index in [2.05, 4.69) is 49.4 Å². The summed E-state index contributed by atoms with van der Waals surface area (Å²) in [5.41, 5.74) is 9.10. The second kappa shape index (κ2) is 9.57. The number of nitrogens with two attached hydrogens (primary N) is 1. The molecule has 3 N–H and O–H groups in total. The van der Waals surface area contributed by atoms with Crippen LogP contribution in [0.25, 0.3) is 11.2 Å². The van der Waals surface area contributed by atoms with Gasteiger partial charge in [-0.05, 0) is 25.2 Å². The first-order valence-electron chi connectivity index (χ1n) is 10.5. The number of rotatable bonds is 9. The molecular weight excluding hydrogens is 402 g/mol. The second-order valence-electron chi connectivity index (χ2n) is 7.93. The molecule has 0 spiro atoms. The van der Waals surface area contributed by atoms with Crippen molar-refractivity contribution >= 4 is 22.9 Å². The van der Waals surface area contributed by atoms with Crippen molar-refractivity contribution in [3.05, 3.63) is 83.9 Å². The lowest BCUT2D eigenvalue weighted by Crippen LogP contribution is -2.21. The molecule has 8 heteroatoms. The molecule has 0 aliphatic carbocycles. The molecule has 1 amide bonds. The number of carbonyl (C=O) groups is 1. The second-order valence-corrected chi connectivity index (χ2v) is 7.93. The molecule has 0 atom stereocenters. The number of anilines is 1. The minimum atomic E-state index is -0.669. The van der Waals surface area contributed by atoms with Crippen molar-refractivity contribution in [1.29, 1.82) is 0 Å². The van der Waals surface area contributed by atoms with Crippen molar-refractivity contribution in [2.75, 3.05) is 32.5 Å². The lowest BCUT2D eigenvalue weighted by atomic mass is 9.91. The Morgan fingerprint density at radius 3 is 2.22 bits per heavy atom. The first-order valence-corrected chi connectivity index (χ1v) is 10.5. The van der Waals surface area contributed by atoms with Crippen LogP contribution >= 0.6 is 0 Å². The zero-order valence-electron chi connectivity index (χ0n) is 18.3. The van der Waals surface area contributed by atoms with Gasteiger partial charge >= 0.3 is 0 Å². The summed E-state index contributed by atoms with van der Waals surface area (Å²) in [6, 6.07) is 20.6. The summed E-state index contributed by atoms with van der Waals surface area (Å²) in [5, 5.41) is 3.41. The van der Waals surface area contributed by atoms with E-state index < -0.39 is 5.91 Å². The molecule has 0 aliphatic heterocycles. The number of fused-ring (bicyclic) bond motifs is 1. The Bertz CT molecular complexity index is 1150. The van der Waals surface area contributed by atoms with Gasteiger partial charge in [-0.25, -0.2) is 15.0 Å². The van der Waals surface area contributed by atoms with Crippen LogP contribution in [0.5, 0.6) is 0 Å². The quantitative estimate of drug-likeness (QED) is 0.424. The van der Waals surface area contributed by atoms with E-state index in [0.29, 0.717) is 30.1 Å². The molecule has 4 aromatic rings.